The van der Waals surface area contributed by atoms with E-state index in [1.807, 2.05) is 29.6 Å². The van der Waals surface area contributed by atoms with E-state index in [1.165, 1.54) is 0 Å². The topological polar surface area (TPSA) is 63.1 Å². The summed E-state index contributed by atoms with van der Waals surface area (Å²) in [6, 6.07) is 2.41. The Morgan fingerprint density at radius 2 is 2.20 bits per heavy atom. The van der Waals surface area contributed by atoms with Gasteiger partial charge in [0.05, 0.1) is 23.2 Å². The summed E-state index contributed by atoms with van der Waals surface area (Å²) in [5.41, 5.74) is 2.36. The molecule has 140 valence electrons. The Balaban J connectivity index is 0.00000156. The van der Waals surface area contributed by atoms with Crippen LogP contribution in [0.3, 0.4) is 0 Å². The van der Waals surface area contributed by atoms with E-state index in [9.17, 15) is 4.79 Å². The lowest BCUT2D eigenvalue weighted by molar-refractivity contribution is 0.0745. The number of aromatic nitrogens is 3. The summed E-state index contributed by atoms with van der Waals surface area (Å²) < 4.78 is 1.93. The quantitative estimate of drug-likeness (QED) is 0.875. The lowest BCUT2D eigenvalue weighted by Crippen LogP contribution is -2.38. The zero-order chi connectivity index (χ0) is 16.6. The Kier molecular flexibility index (Phi) is 7.65. The third kappa shape index (κ3) is 4.07. The lowest BCUT2D eigenvalue weighted by atomic mass is 10.1. The van der Waals surface area contributed by atoms with Crippen molar-refractivity contribution in [3.8, 4) is 0 Å². The summed E-state index contributed by atoms with van der Waals surface area (Å²) in [4.78, 5) is 19.5. The number of carbonyl (C=O) groups is 1. The number of likely N-dealkylation sites (N-methyl/N-ethyl adjacent to an activating group) is 1. The molecule has 2 aromatic heterocycles. The predicted molar refractivity (Wildman–Crippen MR) is 105 cm³/mol. The molecular formula is C17H27Cl2N5O. The van der Waals surface area contributed by atoms with Gasteiger partial charge in [-0.05, 0) is 39.3 Å². The van der Waals surface area contributed by atoms with Crippen LogP contribution in [0.2, 0.25) is 0 Å². The fourth-order valence-corrected chi connectivity index (χ4v) is 3.14. The Hall–Kier alpha value is -1.37. The molecular weight excluding hydrogens is 361 g/mol. The standard InChI is InChI=1S/C17H25N5O.2ClH/c1-5-12(3)22-16-15(10-19-22)14(8-11(2)20-16)17(23)21(4)13-6-7-18-9-13;;/h8,10,12-13,18H,5-7,9H2,1-4H3;2*1H. The van der Waals surface area contributed by atoms with Crippen LogP contribution in [0.5, 0.6) is 0 Å². The van der Waals surface area contributed by atoms with Gasteiger partial charge in [-0.15, -0.1) is 24.8 Å². The fourth-order valence-electron chi connectivity index (χ4n) is 3.14. The third-order valence-electron chi connectivity index (χ3n) is 4.84. The highest BCUT2D eigenvalue weighted by atomic mass is 35.5. The molecule has 25 heavy (non-hydrogen) atoms. The number of nitrogens with one attached hydrogen (secondary N) is 1. The van der Waals surface area contributed by atoms with Crippen molar-refractivity contribution >= 4 is 41.8 Å². The molecule has 1 aliphatic rings. The van der Waals surface area contributed by atoms with E-state index in [-0.39, 0.29) is 42.8 Å². The molecule has 0 bridgehead atoms. The van der Waals surface area contributed by atoms with Gasteiger partial charge in [-0.3, -0.25) is 4.79 Å². The Morgan fingerprint density at radius 1 is 1.48 bits per heavy atom. The van der Waals surface area contributed by atoms with E-state index in [2.05, 4.69) is 29.2 Å². The second-order valence-corrected chi connectivity index (χ2v) is 6.46. The Morgan fingerprint density at radius 3 is 2.80 bits per heavy atom. The molecule has 0 aromatic carbocycles. The normalized spacial score (nSPS) is 17.7. The Bertz CT molecular complexity index is 727. The van der Waals surface area contributed by atoms with Gasteiger partial charge in [0.25, 0.3) is 5.91 Å². The van der Waals surface area contributed by atoms with E-state index in [4.69, 9.17) is 0 Å². The number of pyridine rings is 1. The lowest BCUT2D eigenvalue weighted by Gasteiger charge is -2.24. The molecule has 2 unspecified atom stereocenters. The molecule has 1 aliphatic heterocycles. The van der Waals surface area contributed by atoms with Crippen LogP contribution in [-0.2, 0) is 0 Å². The van der Waals surface area contributed by atoms with E-state index in [1.54, 1.807) is 6.20 Å². The number of hydrogen-bond acceptors (Lipinski definition) is 4. The number of fused-ring (bicyclic) bond motifs is 1. The molecule has 0 saturated carbocycles. The number of hydrogen-bond donors (Lipinski definition) is 1. The third-order valence-corrected chi connectivity index (χ3v) is 4.84. The molecule has 6 nitrogen and oxygen atoms in total. The number of halogens is 2. The van der Waals surface area contributed by atoms with E-state index < -0.39 is 0 Å². The van der Waals surface area contributed by atoms with Crippen molar-refractivity contribution < 1.29 is 4.79 Å². The average molecular weight is 388 g/mol. The summed E-state index contributed by atoms with van der Waals surface area (Å²) in [6.07, 6.45) is 3.76. The minimum absolute atomic E-state index is 0. The highest BCUT2D eigenvalue weighted by Gasteiger charge is 2.26. The number of nitrogens with zero attached hydrogens (tertiary/aromatic N) is 4. The van der Waals surface area contributed by atoms with Gasteiger partial charge < -0.3 is 10.2 Å². The smallest absolute Gasteiger partial charge is 0.254 e. The first-order valence-electron chi connectivity index (χ1n) is 8.35. The van der Waals surface area contributed by atoms with Gasteiger partial charge in [-0.1, -0.05) is 6.92 Å². The first-order chi connectivity index (χ1) is 11.0. The van der Waals surface area contributed by atoms with Crippen LogP contribution >= 0.6 is 24.8 Å². The van der Waals surface area contributed by atoms with Gasteiger partial charge in [0, 0.05) is 25.3 Å². The van der Waals surface area contributed by atoms with Crippen LogP contribution in [0.1, 0.15) is 48.8 Å². The molecule has 3 rings (SSSR count). The largest absolute Gasteiger partial charge is 0.337 e. The number of aryl methyl sites for hydroxylation is 1. The van der Waals surface area contributed by atoms with E-state index in [0.717, 1.165) is 42.7 Å². The zero-order valence-electron chi connectivity index (χ0n) is 15.2. The number of carbonyl (C=O) groups excluding carboxylic acids is 1. The second-order valence-electron chi connectivity index (χ2n) is 6.46. The Labute approximate surface area is 161 Å². The first kappa shape index (κ1) is 21.7. The summed E-state index contributed by atoms with van der Waals surface area (Å²) in [6.45, 7) is 8.01. The van der Waals surface area contributed by atoms with Gasteiger partial charge in [0.2, 0.25) is 0 Å². The molecule has 1 N–H and O–H groups in total. The van der Waals surface area contributed by atoms with Crippen molar-refractivity contribution in [3.63, 3.8) is 0 Å². The van der Waals surface area contributed by atoms with Crippen molar-refractivity contribution in [2.75, 3.05) is 20.1 Å². The van der Waals surface area contributed by atoms with Crippen molar-refractivity contribution in [3.05, 3.63) is 23.5 Å². The highest BCUT2D eigenvalue weighted by Crippen LogP contribution is 2.24. The monoisotopic (exact) mass is 387 g/mol. The maximum absolute atomic E-state index is 13.0. The van der Waals surface area contributed by atoms with Gasteiger partial charge in [-0.25, -0.2) is 9.67 Å². The minimum atomic E-state index is 0. The molecule has 2 atom stereocenters. The summed E-state index contributed by atoms with van der Waals surface area (Å²) in [5, 5.41) is 8.64. The summed E-state index contributed by atoms with van der Waals surface area (Å²) in [5.74, 6) is 0.0536. The molecule has 0 radical (unpaired) electrons. The summed E-state index contributed by atoms with van der Waals surface area (Å²) >= 11 is 0. The maximum atomic E-state index is 13.0. The molecule has 2 aromatic rings. The summed E-state index contributed by atoms with van der Waals surface area (Å²) in [7, 11) is 1.89. The minimum Gasteiger partial charge on any atom is -0.337 e. The van der Waals surface area contributed by atoms with E-state index in [0.29, 0.717) is 5.56 Å². The van der Waals surface area contributed by atoms with E-state index >= 15 is 0 Å². The van der Waals surface area contributed by atoms with Crippen LogP contribution in [0, 0.1) is 6.92 Å². The number of rotatable bonds is 4. The predicted octanol–water partition coefficient (Wildman–Crippen LogP) is 2.99. The van der Waals surface area contributed by atoms with Crippen LogP contribution < -0.4 is 5.32 Å². The molecule has 3 heterocycles. The number of amides is 1. The van der Waals surface area contributed by atoms with Gasteiger partial charge >= 0.3 is 0 Å². The van der Waals surface area contributed by atoms with Crippen LogP contribution in [0.4, 0.5) is 0 Å². The van der Waals surface area contributed by atoms with Crippen molar-refractivity contribution in [1.29, 1.82) is 0 Å². The van der Waals surface area contributed by atoms with Crippen LogP contribution in [0.25, 0.3) is 11.0 Å². The first-order valence-corrected chi connectivity index (χ1v) is 8.35. The van der Waals surface area contributed by atoms with Crippen molar-refractivity contribution in [1.82, 2.24) is 25.0 Å². The molecule has 0 aliphatic carbocycles. The van der Waals surface area contributed by atoms with Crippen LogP contribution in [-0.4, -0.2) is 51.8 Å². The van der Waals surface area contributed by atoms with Crippen molar-refractivity contribution in [2.45, 2.75) is 45.7 Å². The van der Waals surface area contributed by atoms with Crippen LogP contribution in [0.15, 0.2) is 12.3 Å². The molecule has 8 heteroatoms. The SMILES string of the molecule is CCC(C)n1ncc2c(C(=O)N(C)C3CCNC3)cc(C)nc21.Cl.Cl. The van der Waals surface area contributed by atoms with Gasteiger partial charge in [0.1, 0.15) is 0 Å². The fraction of sp³-hybridized carbons (Fsp3) is 0.588. The molecule has 1 fully saturated rings. The van der Waals surface area contributed by atoms with Crippen molar-refractivity contribution in [2.24, 2.45) is 0 Å². The molecule has 0 spiro atoms. The van der Waals surface area contributed by atoms with Gasteiger partial charge in [-0.2, -0.15) is 5.10 Å². The zero-order valence-corrected chi connectivity index (χ0v) is 16.8. The average Bonchev–Trinajstić information content (AvgIpc) is 3.21. The maximum Gasteiger partial charge on any atom is 0.254 e. The second kappa shape index (κ2) is 8.83. The van der Waals surface area contributed by atoms with Gasteiger partial charge in [0.15, 0.2) is 5.65 Å². The molecule has 1 saturated heterocycles. The highest BCUT2D eigenvalue weighted by molar-refractivity contribution is 6.05. The molecule has 1 amide bonds.